The van der Waals surface area contributed by atoms with Crippen LogP contribution in [0.1, 0.15) is 17.2 Å². The minimum absolute atomic E-state index is 0.311. The van der Waals surface area contributed by atoms with Crippen molar-refractivity contribution in [1.82, 2.24) is 5.17 Å². The number of nitrogens with zero attached hydrogens (tertiary/aromatic N) is 1. The highest BCUT2D eigenvalue weighted by molar-refractivity contribution is 5.80. The zero-order valence-corrected chi connectivity index (χ0v) is 10.7. The van der Waals surface area contributed by atoms with Crippen molar-refractivity contribution in [1.29, 1.82) is 0 Å². The molecule has 1 heterocycles. The number of hydrazine groups is 1. The molecule has 0 radical (unpaired) electrons. The lowest BCUT2D eigenvalue weighted by Gasteiger charge is -2.20. The smallest absolute Gasteiger partial charge is 0.330 e. The van der Waals surface area contributed by atoms with Crippen molar-refractivity contribution in [3.63, 3.8) is 0 Å². The summed E-state index contributed by atoms with van der Waals surface area (Å²) < 4.78 is 0. The second-order valence-corrected chi connectivity index (χ2v) is 4.52. The average Bonchev–Trinajstić information content (AvgIpc) is 2.84. The molecule has 0 fully saturated rings. The maximum atomic E-state index is 11.4. The predicted octanol–water partition coefficient (Wildman–Crippen LogP) is 2.59. The third kappa shape index (κ3) is 2.36. The molecular weight excluding hydrogens is 256 g/mol. The summed E-state index contributed by atoms with van der Waals surface area (Å²) in [6, 6.07) is 16.1. The van der Waals surface area contributed by atoms with Gasteiger partial charge in [-0.25, -0.2) is 4.79 Å². The Hall–Kier alpha value is -2.37. The van der Waals surface area contributed by atoms with Crippen LogP contribution in [0.5, 0.6) is 0 Å². The van der Waals surface area contributed by atoms with Gasteiger partial charge in [-0.1, -0.05) is 53.7 Å². The lowest BCUT2D eigenvalue weighted by molar-refractivity contribution is -0.190. The molecule has 0 aromatic heterocycles. The molecule has 1 aliphatic heterocycles. The second kappa shape index (κ2) is 5.32. The van der Waals surface area contributed by atoms with E-state index in [0.29, 0.717) is 12.2 Å². The van der Waals surface area contributed by atoms with Crippen LogP contribution in [0.3, 0.4) is 0 Å². The molecule has 5 heteroatoms. The van der Waals surface area contributed by atoms with E-state index in [1.807, 2.05) is 48.5 Å². The largest absolute Gasteiger partial charge is 0.480 e. The first-order valence-electron chi connectivity index (χ1n) is 6.30. The Labute approximate surface area is 116 Å². The quantitative estimate of drug-likeness (QED) is 0.894. The molecular formula is C15H14N2O3. The molecule has 2 aromatic rings. The molecule has 20 heavy (non-hydrogen) atoms. The summed E-state index contributed by atoms with van der Waals surface area (Å²) in [4.78, 5) is 17.0. The molecule has 102 valence electrons. The number of para-hydroxylation sites is 1. The molecule has 1 aliphatic rings. The van der Waals surface area contributed by atoms with Crippen molar-refractivity contribution >= 4 is 11.7 Å². The normalized spacial score (nSPS) is 17.5. The maximum Gasteiger partial charge on any atom is 0.330 e. The first-order chi connectivity index (χ1) is 9.75. The van der Waals surface area contributed by atoms with Crippen LogP contribution in [0.25, 0.3) is 0 Å². The number of hydrogen-bond acceptors (Lipinski definition) is 4. The lowest BCUT2D eigenvalue weighted by atomic mass is 10.1. The van der Waals surface area contributed by atoms with Crippen LogP contribution in [0.15, 0.2) is 54.6 Å². The summed E-state index contributed by atoms with van der Waals surface area (Å²) in [6.45, 7) is 0.311. The van der Waals surface area contributed by atoms with Crippen molar-refractivity contribution in [2.45, 2.75) is 12.6 Å². The Morgan fingerprint density at radius 3 is 2.60 bits per heavy atom. The fraction of sp³-hybridized carbons (Fsp3) is 0.133. The van der Waals surface area contributed by atoms with E-state index in [2.05, 4.69) is 5.43 Å². The Morgan fingerprint density at radius 1 is 1.15 bits per heavy atom. The molecule has 0 saturated carbocycles. The molecule has 0 aliphatic carbocycles. The van der Waals surface area contributed by atoms with Crippen LogP contribution in [0.2, 0.25) is 0 Å². The first-order valence-corrected chi connectivity index (χ1v) is 6.30. The van der Waals surface area contributed by atoms with Gasteiger partial charge in [0.25, 0.3) is 0 Å². The van der Waals surface area contributed by atoms with E-state index in [1.165, 1.54) is 5.17 Å². The lowest BCUT2D eigenvalue weighted by Crippen LogP contribution is -2.32. The van der Waals surface area contributed by atoms with Gasteiger partial charge in [0.15, 0.2) is 6.04 Å². The number of hydroxylamine groups is 1. The molecule has 0 bridgehead atoms. The summed E-state index contributed by atoms with van der Waals surface area (Å²) in [6.07, 6.45) is 0. The van der Waals surface area contributed by atoms with E-state index < -0.39 is 12.0 Å². The highest BCUT2D eigenvalue weighted by Gasteiger charge is 2.36. The third-order valence-corrected chi connectivity index (χ3v) is 3.17. The number of aliphatic carboxylic acids is 1. The monoisotopic (exact) mass is 270 g/mol. The minimum atomic E-state index is -0.949. The van der Waals surface area contributed by atoms with Gasteiger partial charge in [-0.15, -0.1) is 0 Å². The number of benzene rings is 2. The number of carbonyl (C=O) groups is 1. The second-order valence-electron chi connectivity index (χ2n) is 4.52. The summed E-state index contributed by atoms with van der Waals surface area (Å²) in [7, 11) is 0. The fourth-order valence-electron chi connectivity index (χ4n) is 2.21. The van der Waals surface area contributed by atoms with Gasteiger partial charge in [0.2, 0.25) is 0 Å². The van der Waals surface area contributed by atoms with Crippen LogP contribution >= 0.6 is 0 Å². The summed E-state index contributed by atoms with van der Waals surface area (Å²) in [5.41, 5.74) is 5.41. The van der Waals surface area contributed by atoms with E-state index in [9.17, 15) is 9.90 Å². The third-order valence-electron chi connectivity index (χ3n) is 3.17. The average molecular weight is 270 g/mol. The van der Waals surface area contributed by atoms with Crippen LogP contribution < -0.4 is 5.43 Å². The van der Waals surface area contributed by atoms with Crippen LogP contribution in [-0.2, 0) is 16.2 Å². The molecule has 1 atom stereocenters. The summed E-state index contributed by atoms with van der Waals surface area (Å²) in [5, 5.41) is 10.7. The van der Waals surface area contributed by atoms with E-state index in [0.717, 1.165) is 11.3 Å². The minimum Gasteiger partial charge on any atom is -0.480 e. The van der Waals surface area contributed by atoms with E-state index in [4.69, 9.17) is 4.84 Å². The number of carboxylic acids is 1. The van der Waals surface area contributed by atoms with Gasteiger partial charge in [0, 0.05) is 5.56 Å². The molecule has 0 saturated heterocycles. The highest BCUT2D eigenvalue weighted by Crippen LogP contribution is 2.35. The Balaban J connectivity index is 1.76. The zero-order valence-electron chi connectivity index (χ0n) is 10.7. The number of anilines is 1. The van der Waals surface area contributed by atoms with Crippen molar-refractivity contribution in [2.24, 2.45) is 0 Å². The number of hydrogen-bond donors (Lipinski definition) is 2. The Bertz CT molecular complexity index is 616. The molecule has 2 N–H and O–H groups in total. The van der Waals surface area contributed by atoms with Crippen molar-refractivity contribution < 1.29 is 14.7 Å². The highest BCUT2D eigenvalue weighted by atomic mass is 16.7. The molecule has 3 rings (SSSR count). The van der Waals surface area contributed by atoms with Gasteiger partial charge >= 0.3 is 5.97 Å². The van der Waals surface area contributed by atoms with E-state index in [1.54, 1.807) is 6.07 Å². The molecule has 0 amide bonds. The van der Waals surface area contributed by atoms with Gasteiger partial charge in [0.1, 0.15) is 0 Å². The number of nitrogens with one attached hydrogen (secondary N) is 1. The summed E-state index contributed by atoms with van der Waals surface area (Å²) >= 11 is 0. The maximum absolute atomic E-state index is 11.4. The Morgan fingerprint density at radius 2 is 1.85 bits per heavy atom. The molecule has 0 spiro atoms. The number of carboxylic acid groups (broad SMARTS) is 1. The van der Waals surface area contributed by atoms with Crippen LogP contribution in [0.4, 0.5) is 5.69 Å². The SMILES string of the molecule is O=C(O)C1c2ccccc2NN1OCc1ccccc1. The standard InChI is InChI=1S/C15H14N2O3/c18-15(19)14-12-8-4-5-9-13(12)16-17(14)20-10-11-6-2-1-3-7-11/h1-9,14,16H,10H2,(H,18,19). The van der Waals surface area contributed by atoms with Crippen molar-refractivity contribution in [2.75, 3.05) is 5.43 Å². The van der Waals surface area contributed by atoms with Gasteiger partial charge < -0.3 is 5.11 Å². The topological polar surface area (TPSA) is 61.8 Å². The van der Waals surface area contributed by atoms with E-state index >= 15 is 0 Å². The van der Waals surface area contributed by atoms with Crippen molar-refractivity contribution in [3.8, 4) is 0 Å². The van der Waals surface area contributed by atoms with E-state index in [-0.39, 0.29) is 0 Å². The molecule has 1 unspecified atom stereocenters. The van der Waals surface area contributed by atoms with Gasteiger partial charge in [-0.3, -0.25) is 10.3 Å². The van der Waals surface area contributed by atoms with Crippen LogP contribution in [-0.4, -0.2) is 16.2 Å². The van der Waals surface area contributed by atoms with Gasteiger partial charge in [0.05, 0.1) is 12.3 Å². The number of fused-ring (bicyclic) bond motifs is 1. The van der Waals surface area contributed by atoms with Gasteiger partial charge in [-0.2, -0.15) is 0 Å². The number of rotatable bonds is 4. The molecule has 5 nitrogen and oxygen atoms in total. The first kappa shape index (κ1) is 12.7. The summed E-state index contributed by atoms with van der Waals surface area (Å²) in [5.74, 6) is -0.949. The predicted molar refractivity (Wildman–Crippen MR) is 73.5 cm³/mol. The molecule has 2 aromatic carbocycles. The fourth-order valence-corrected chi connectivity index (χ4v) is 2.21. The zero-order chi connectivity index (χ0) is 13.9. The Kier molecular flexibility index (Phi) is 3.37. The van der Waals surface area contributed by atoms with Crippen molar-refractivity contribution in [3.05, 3.63) is 65.7 Å². The van der Waals surface area contributed by atoms with Gasteiger partial charge in [-0.05, 0) is 11.6 Å². The van der Waals surface area contributed by atoms with Crippen LogP contribution in [0, 0.1) is 0 Å².